The molecule has 1 amide bonds. The zero-order valence-electron chi connectivity index (χ0n) is 10.1. The number of ether oxygens (including phenoxy) is 2. The standard InChI is InChI=1S/C11H15N3O4/c1-17-8-4-3-7(5-9(8)18-2)13-11(15)6-10(12)14-16/h3-5,16H,6H2,1-2H3,(H2,12,14)(H,13,15). The molecule has 1 rings (SSSR count). The van der Waals surface area contributed by atoms with Crippen molar-refractivity contribution in [3.05, 3.63) is 18.2 Å². The molecule has 18 heavy (non-hydrogen) atoms. The molecule has 0 saturated carbocycles. The van der Waals surface area contributed by atoms with E-state index in [4.69, 9.17) is 20.4 Å². The summed E-state index contributed by atoms with van der Waals surface area (Å²) in [6.07, 6.45) is -0.190. The molecule has 0 spiro atoms. The first-order valence-electron chi connectivity index (χ1n) is 5.09. The second kappa shape index (κ2) is 6.33. The molecule has 0 fully saturated rings. The van der Waals surface area contributed by atoms with Crippen LogP contribution < -0.4 is 20.5 Å². The van der Waals surface area contributed by atoms with Crippen LogP contribution in [-0.2, 0) is 4.79 Å². The zero-order valence-corrected chi connectivity index (χ0v) is 10.1. The molecular weight excluding hydrogens is 238 g/mol. The zero-order chi connectivity index (χ0) is 13.5. The van der Waals surface area contributed by atoms with Crippen molar-refractivity contribution >= 4 is 17.4 Å². The third-order valence-corrected chi connectivity index (χ3v) is 2.14. The Hall–Kier alpha value is -2.44. The number of anilines is 1. The Morgan fingerprint density at radius 3 is 2.61 bits per heavy atom. The number of hydrogen-bond donors (Lipinski definition) is 3. The highest BCUT2D eigenvalue weighted by Gasteiger charge is 2.08. The lowest BCUT2D eigenvalue weighted by molar-refractivity contribution is -0.115. The Bertz CT molecular complexity index is 460. The second-order valence-electron chi connectivity index (χ2n) is 3.39. The third kappa shape index (κ3) is 3.55. The number of methoxy groups -OCH3 is 2. The molecule has 0 aliphatic carbocycles. The van der Waals surface area contributed by atoms with Crippen LogP contribution in [0.15, 0.2) is 23.4 Å². The molecule has 0 bridgehead atoms. The molecule has 0 unspecified atom stereocenters. The first-order chi connectivity index (χ1) is 8.60. The fraction of sp³-hybridized carbons (Fsp3) is 0.273. The minimum absolute atomic E-state index is 0.159. The highest BCUT2D eigenvalue weighted by atomic mass is 16.5. The average molecular weight is 253 g/mol. The lowest BCUT2D eigenvalue weighted by Crippen LogP contribution is -2.22. The predicted molar refractivity (Wildman–Crippen MR) is 66.2 cm³/mol. The molecule has 0 atom stereocenters. The topological polar surface area (TPSA) is 106 Å². The molecule has 0 saturated heterocycles. The summed E-state index contributed by atoms with van der Waals surface area (Å²) >= 11 is 0. The van der Waals surface area contributed by atoms with Gasteiger partial charge in [0.2, 0.25) is 5.91 Å². The van der Waals surface area contributed by atoms with E-state index in [2.05, 4.69) is 10.5 Å². The smallest absolute Gasteiger partial charge is 0.232 e. The van der Waals surface area contributed by atoms with E-state index in [1.807, 2.05) is 0 Å². The summed E-state index contributed by atoms with van der Waals surface area (Å²) in [6, 6.07) is 4.94. The van der Waals surface area contributed by atoms with Gasteiger partial charge in [-0.05, 0) is 12.1 Å². The van der Waals surface area contributed by atoms with Gasteiger partial charge in [0.1, 0.15) is 5.84 Å². The van der Waals surface area contributed by atoms with Crippen molar-refractivity contribution in [2.24, 2.45) is 10.9 Å². The van der Waals surface area contributed by atoms with Crippen LogP contribution in [0.25, 0.3) is 0 Å². The number of nitrogens with two attached hydrogens (primary N) is 1. The molecule has 0 radical (unpaired) electrons. The van der Waals surface area contributed by atoms with Crippen LogP contribution in [0.3, 0.4) is 0 Å². The molecule has 0 aromatic heterocycles. The van der Waals surface area contributed by atoms with Crippen LogP contribution in [0.2, 0.25) is 0 Å². The maximum atomic E-state index is 11.5. The summed E-state index contributed by atoms with van der Waals surface area (Å²) in [7, 11) is 3.02. The summed E-state index contributed by atoms with van der Waals surface area (Å²) in [5.74, 6) is 0.511. The van der Waals surface area contributed by atoms with Gasteiger partial charge in [-0.15, -0.1) is 0 Å². The molecule has 1 aromatic carbocycles. The second-order valence-corrected chi connectivity index (χ2v) is 3.39. The van der Waals surface area contributed by atoms with E-state index in [1.165, 1.54) is 14.2 Å². The van der Waals surface area contributed by atoms with E-state index in [0.717, 1.165) is 0 Å². The number of benzene rings is 1. The van der Waals surface area contributed by atoms with Crippen LogP contribution in [0.4, 0.5) is 5.69 Å². The molecule has 0 aliphatic rings. The van der Waals surface area contributed by atoms with E-state index in [9.17, 15) is 4.79 Å². The van der Waals surface area contributed by atoms with Gasteiger partial charge in [-0.25, -0.2) is 0 Å². The molecule has 0 aliphatic heterocycles. The van der Waals surface area contributed by atoms with Gasteiger partial charge in [0.05, 0.1) is 20.6 Å². The normalized spacial score (nSPS) is 10.9. The summed E-state index contributed by atoms with van der Waals surface area (Å²) in [5, 5.41) is 13.7. The van der Waals surface area contributed by atoms with Crippen LogP contribution in [0, 0.1) is 0 Å². The van der Waals surface area contributed by atoms with E-state index < -0.39 is 5.91 Å². The van der Waals surface area contributed by atoms with Crippen LogP contribution in [0.5, 0.6) is 11.5 Å². The van der Waals surface area contributed by atoms with E-state index >= 15 is 0 Å². The summed E-state index contributed by atoms with van der Waals surface area (Å²) in [6.45, 7) is 0. The molecule has 4 N–H and O–H groups in total. The van der Waals surface area contributed by atoms with Crippen LogP contribution >= 0.6 is 0 Å². The third-order valence-electron chi connectivity index (χ3n) is 2.14. The highest BCUT2D eigenvalue weighted by Crippen LogP contribution is 2.29. The Morgan fingerprint density at radius 2 is 2.06 bits per heavy atom. The van der Waals surface area contributed by atoms with E-state index in [1.54, 1.807) is 18.2 Å². The Morgan fingerprint density at radius 1 is 1.39 bits per heavy atom. The number of oxime groups is 1. The van der Waals surface area contributed by atoms with Crippen molar-refractivity contribution in [3.8, 4) is 11.5 Å². The van der Waals surface area contributed by atoms with Crippen molar-refractivity contribution in [1.29, 1.82) is 0 Å². The van der Waals surface area contributed by atoms with E-state index in [-0.39, 0.29) is 12.3 Å². The number of carbonyl (C=O) groups is 1. The number of amidine groups is 1. The maximum absolute atomic E-state index is 11.5. The van der Waals surface area contributed by atoms with Gasteiger partial charge in [-0.2, -0.15) is 0 Å². The number of nitrogens with zero attached hydrogens (tertiary/aromatic N) is 1. The van der Waals surface area contributed by atoms with Crippen molar-refractivity contribution in [3.63, 3.8) is 0 Å². The molecule has 1 aromatic rings. The SMILES string of the molecule is COc1ccc(NC(=O)CC(N)=NO)cc1OC. The summed E-state index contributed by atoms with van der Waals surface area (Å²) < 4.78 is 10.2. The minimum atomic E-state index is -0.391. The van der Waals surface area contributed by atoms with Gasteiger partial charge in [0.15, 0.2) is 11.5 Å². The van der Waals surface area contributed by atoms with Crippen molar-refractivity contribution in [1.82, 2.24) is 0 Å². The minimum Gasteiger partial charge on any atom is -0.493 e. The molecule has 98 valence electrons. The quantitative estimate of drug-likeness (QED) is 0.311. The van der Waals surface area contributed by atoms with E-state index in [0.29, 0.717) is 17.2 Å². The number of rotatable bonds is 5. The van der Waals surface area contributed by atoms with Gasteiger partial charge in [0.25, 0.3) is 0 Å². The molecule has 0 heterocycles. The number of amides is 1. The van der Waals surface area contributed by atoms with Crippen LogP contribution in [0.1, 0.15) is 6.42 Å². The molecule has 7 nitrogen and oxygen atoms in total. The van der Waals surface area contributed by atoms with Gasteiger partial charge >= 0.3 is 0 Å². The maximum Gasteiger partial charge on any atom is 0.232 e. The fourth-order valence-corrected chi connectivity index (χ4v) is 1.32. The summed E-state index contributed by atoms with van der Waals surface area (Å²) in [4.78, 5) is 11.5. The fourth-order valence-electron chi connectivity index (χ4n) is 1.32. The number of hydrogen-bond acceptors (Lipinski definition) is 5. The van der Waals surface area contributed by atoms with Gasteiger partial charge in [0, 0.05) is 11.8 Å². The van der Waals surface area contributed by atoms with Crippen molar-refractivity contribution in [2.45, 2.75) is 6.42 Å². The van der Waals surface area contributed by atoms with Crippen LogP contribution in [-0.4, -0.2) is 31.2 Å². The predicted octanol–water partition coefficient (Wildman–Crippen LogP) is 0.779. The lowest BCUT2D eigenvalue weighted by Gasteiger charge is -2.10. The first kappa shape index (κ1) is 13.6. The molecule has 7 heteroatoms. The van der Waals surface area contributed by atoms with Gasteiger partial charge < -0.3 is 25.7 Å². The lowest BCUT2D eigenvalue weighted by atomic mass is 10.2. The van der Waals surface area contributed by atoms with Crippen molar-refractivity contribution < 1.29 is 19.5 Å². The summed E-state index contributed by atoms with van der Waals surface area (Å²) in [5.41, 5.74) is 5.75. The Kier molecular flexibility index (Phi) is 4.79. The Labute approximate surface area is 104 Å². The first-order valence-corrected chi connectivity index (χ1v) is 5.09. The average Bonchev–Trinajstić information content (AvgIpc) is 2.38. The Balaban J connectivity index is 2.76. The van der Waals surface area contributed by atoms with Gasteiger partial charge in [-0.3, -0.25) is 4.79 Å². The van der Waals surface area contributed by atoms with Crippen molar-refractivity contribution in [2.75, 3.05) is 19.5 Å². The monoisotopic (exact) mass is 253 g/mol. The number of nitrogens with one attached hydrogen (secondary N) is 1. The van der Waals surface area contributed by atoms with Gasteiger partial charge in [-0.1, -0.05) is 5.16 Å². The molecular formula is C11H15N3O4. The number of carbonyl (C=O) groups excluding carboxylic acids is 1. The largest absolute Gasteiger partial charge is 0.493 e. The highest BCUT2D eigenvalue weighted by molar-refractivity contribution is 6.04.